The molecule has 2 aromatic carbocycles. The summed E-state index contributed by atoms with van der Waals surface area (Å²) in [6.45, 7) is 9.06. The number of benzene rings is 2. The molecule has 2 saturated heterocycles. The number of carbonyl (C=O) groups excluding carboxylic acids is 2. The molecule has 0 bridgehead atoms. The molecule has 0 atom stereocenters. The first-order chi connectivity index (χ1) is 17.5. The number of hydrogen-bond acceptors (Lipinski definition) is 6. The summed E-state index contributed by atoms with van der Waals surface area (Å²) in [4.78, 5) is 34.0. The molecule has 36 heavy (non-hydrogen) atoms. The molecule has 0 unspecified atom stereocenters. The average molecular weight is 495 g/mol. The van der Waals surface area contributed by atoms with Crippen molar-refractivity contribution in [2.45, 2.75) is 6.54 Å². The van der Waals surface area contributed by atoms with E-state index in [0.717, 1.165) is 71.3 Å². The lowest BCUT2D eigenvalue weighted by Crippen LogP contribution is -2.46. The summed E-state index contributed by atoms with van der Waals surface area (Å²) in [5.74, 6) is -0.120. The van der Waals surface area contributed by atoms with Crippen LogP contribution < -0.4 is 15.5 Å². The fourth-order valence-corrected chi connectivity index (χ4v) is 4.54. The maximum Gasteiger partial charge on any atom is 0.321 e. The quantitative estimate of drug-likeness (QED) is 0.586. The Morgan fingerprint density at radius 2 is 1.64 bits per heavy atom. The molecule has 2 heterocycles. The van der Waals surface area contributed by atoms with Crippen LogP contribution in [0, 0.1) is 0 Å². The topological polar surface area (TPSA) is 80.4 Å². The van der Waals surface area contributed by atoms with E-state index in [1.807, 2.05) is 18.2 Å². The Kier molecular flexibility index (Phi) is 9.16. The first kappa shape index (κ1) is 25.9. The van der Waals surface area contributed by atoms with Crippen LogP contribution in [0.25, 0.3) is 0 Å². The van der Waals surface area contributed by atoms with Crippen molar-refractivity contribution in [1.82, 2.24) is 20.0 Å². The van der Waals surface area contributed by atoms with Crippen molar-refractivity contribution in [2.24, 2.45) is 0 Å². The lowest BCUT2D eigenvalue weighted by atomic mass is 10.1. The molecule has 0 aliphatic carbocycles. The molecule has 194 valence electrons. The minimum Gasteiger partial charge on any atom is -0.379 e. The SMILES string of the molecule is CN(C)C(=O)Nc1ccc(N2CCN(Cc3ccccc3)CC2)c(C(=O)NCCN2CCOCC2)c1. The predicted octanol–water partition coefficient (Wildman–Crippen LogP) is 2.16. The summed E-state index contributed by atoms with van der Waals surface area (Å²) in [5.41, 5.74) is 3.41. The molecular weight excluding hydrogens is 456 g/mol. The molecule has 0 saturated carbocycles. The fourth-order valence-electron chi connectivity index (χ4n) is 4.54. The van der Waals surface area contributed by atoms with Gasteiger partial charge in [0.1, 0.15) is 0 Å². The summed E-state index contributed by atoms with van der Waals surface area (Å²) in [7, 11) is 3.38. The van der Waals surface area contributed by atoms with Crippen molar-refractivity contribution in [3.8, 4) is 0 Å². The lowest BCUT2D eigenvalue weighted by molar-refractivity contribution is 0.0383. The molecule has 2 aliphatic rings. The molecule has 0 radical (unpaired) electrons. The number of carbonyl (C=O) groups is 2. The van der Waals surface area contributed by atoms with Gasteiger partial charge < -0.3 is 25.2 Å². The molecule has 9 heteroatoms. The van der Waals surface area contributed by atoms with Crippen LogP contribution in [0.1, 0.15) is 15.9 Å². The van der Waals surface area contributed by atoms with Gasteiger partial charge in [0.15, 0.2) is 0 Å². The first-order valence-electron chi connectivity index (χ1n) is 12.7. The number of urea groups is 1. The highest BCUT2D eigenvalue weighted by Crippen LogP contribution is 2.26. The molecule has 3 amide bonds. The standard InChI is InChI=1S/C27H38N6O3/c1-30(2)27(35)29-23-8-9-25(24(20-23)26(34)28-10-11-31-16-18-36-19-17-31)33-14-12-32(13-15-33)21-22-6-4-3-5-7-22/h3-9,20H,10-19,21H2,1-2H3,(H,28,34)(H,29,35). The second-order valence-corrected chi connectivity index (χ2v) is 9.52. The number of amides is 3. The van der Waals surface area contributed by atoms with Crippen LogP contribution in [0.3, 0.4) is 0 Å². The number of hydrogen-bond donors (Lipinski definition) is 2. The van der Waals surface area contributed by atoms with E-state index < -0.39 is 0 Å². The number of nitrogens with zero attached hydrogens (tertiary/aromatic N) is 4. The molecule has 0 spiro atoms. The molecule has 2 fully saturated rings. The fraction of sp³-hybridized carbons (Fsp3) is 0.481. The number of ether oxygens (including phenoxy) is 1. The summed E-state index contributed by atoms with van der Waals surface area (Å²) in [5, 5.41) is 5.96. The monoisotopic (exact) mass is 494 g/mol. The molecule has 2 N–H and O–H groups in total. The van der Waals surface area contributed by atoms with Gasteiger partial charge in [-0.15, -0.1) is 0 Å². The molecule has 2 aliphatic heterocycles. The zero-order chi connectivity index (χ0) is 25.3. The highest BCUT2D eigenvalue weighted by Gasteiger charge is 2.23. The van der Waals surface area contributed by atoms with E-state index in [9.17, 15) is 9.59 Å². The molecule has 9 nitrogen and oxygen atoms in total. The zero-order valence-electron chi connectivity index (χ0n) is 21.4. The average Bonchev–Trinajstić information content (AvgIpc) is 2.90. The van der Waals surface area contributed by atoms with Crippen LogP contribution in [0.15, 0.2) is 48.5 Å². The van der Waals surface area contributed by atoms with Gasteiger partial charge in [0.2, 0.25) is 0 Å². The lowest BCUT2D eigenvalue weighted by Gasteiger charge is -2.37. The van der Waals surface area contributed by atoms with Gasteiger partial charge >= 0.3 is 6.03 Å². The van der Waals surface area contributed by atoms with Gasteiger partial charge in [-0.1, -0.05) is 30.3 Å². The van der Waals surface area contributed by atoms with Gasteiger partial charge in [-0.3, -0.25) is 14.6 Å². The van der Waals surface area contributed by atoms with Crippen LogP contribution in [0.4, 0.5) is 16.2 Å². The smallest absolute Gasteiger partial charge is 0.321 e. The Bertz CT molecular complexity index is 1000. The number of morpholine rings is 1. The first-order valence-corrected chi connectivity index (χ1v) is 12.7. The predicted molar refractivity (Wildman–Crippen MR) is 143 cm³/mol. The summed E-state index contributed by atoms with van der Waals surface area (Å²) >= 11 is 0. The second kappa shape index (κ2) is 12.7. The van der Waals surface area contributed by atoms with Gasteiger partial charge in [-0.2, -0.15) is 0 Å². The zero-order valence-corrected chi connectivity index (χ0v) is 21.4. The number of rotatable bonds is 8. The van der Waals surface area contributed by atoms with Crippen molar-refractivity contribution in [3.63, 3.8) is 0 Å². The van der Waals surface area contributed by atoms with Crippen molar-refractivity contribution in [1.29, 1.82) is 0 Å². The molecular formula is C27H38N6O3. The van der Waals surface area contributed by atoms with Crippen LogP contribution >= 0.6 is 0 Å². The van der Waals surface area contributed by atoms with Crippen molar-refractivity contribution in [3.05, 3.63) is 59.7 Å². The van der Waals surface area contributed by atoms with E-state index in [4.69, 9.17) is 4.74 Å². The van der Waals surface area contributed by atoms with Gasteiger partial charge in [-0.05, 0) is 23.8 Å². The Balaban J connectivity index is 1.42. The van der Waals surface area contributed by atoms with Gasteiger partial charge in [0, 0.05) is 84.4 Å². The van der Waals surface area contributed by atoms with E-state index in [-0.39, 0.29) is 11.9 Å². The molecule has 4 rings (SSSR count). The highest BCUT2D eigenvalue weighted by atomic mass is 16.5. The van der Waals surface area contributed by atoms with Crippen molar-refractivity contribution >= 4 is 23.3 Å². The van der Waals surface area contributed by atoms with E-state index in [0.29, 0.717) is 17.8 Å². The second-order valence-electron chi connectivity index (χ2n) is 9.52. The van der Waals surface area contributed by atoms with Crippen LogP contribution in [0.2, 0.25) is 0 Å². The highest BCUT2D eigenvalue weighted by molar-refractivity contribution is 6.02. The van der Waals surface area contributed by atoms with Gasteiger partial charge in [0.25, 0.3) is 5.91 Å². The number of nitrogens with one attached hydrogen (secondary N) is 2. The Morgan fingerprint density at radius 1 is 0.917 bits per heavy atom. The molecule has 0 aromatic heterocycles. The maximum absolute atomic E-state index is 13.3. The van der Waals surface area contributed by atoms with Crippen LogP contribution in [-0.4, -0.2) is 106 Å². The van der Waals surface area contributed by atoms with E-state index >= 15 is 0 Å². The summed E-state index contributed by atoms with van der Waals surface area (Å²) < 4.78 is 5.41. The van der Waals surface area contributed by atoms with Gasteiger partial charge in [0.05, 0.1) is 18.8 Å². The third-order valence-corrected chi connectivity index (χ3v) is 6.68. The van der Waals surface area contributed by atoms with Crippen molar-refractivity contribution < 1.29 is 14.3 Å². The minimum absolute atomic E-state index is 0.120. The minimum atomic E-state index is -0.226. The van der Waals surface area contributed by atoms with E-state index in [1.54, 1.807) is 20.2 Å². The molecule has 2 aromatic rings. The van der Waals surface area contributed by atoms with Crippen LogP contribution in [0.5, 0.6) is 0 Å². The summed E-state index contributed by atoms with van der Waals surface area (Å²) in [6, 6.07) is 15.9. The summed E-state index contributed by atoms with van der Waals surface area (Å²) in [6.07, 6.45) is 0. The maximum atomic E-state index is 13.3. The van der Waals surface area contributed by atoms with Gasteiger partial charge in [-0.25, -0.2) is 4.79 Å². The largest absolute Gasteiger partial charge is 0.379 e. The third-order valence-electron chi connectivity index (χ3n) is 6.68. The normalized spacial score (nSPS) is 17.0. The van der Waals surface area contributed by atoms with Crippen molar-refractivity contribution in [2.75, 3.05) is 89.9 Å². The Morgan fingerprint density at radius 3 is 2.33 bits per heavy atom. The number of anilines is 2. The Hall–Kier alpha value is -3.14. The van der Waals surface area contributed by atoms with E-state index in [2.05, 4.69) is 49.6 Å². The Labute approximate surface area is 214 Å². The third kappa shape index (κ3) is 7.19. The number of piperazine rings is 1. The van der Waals surface area contributed by atoms with Crippen LogP contribution in [-0.2, 0) is 11.3 Å². The van der Waals surface area contributed by atoms with E-state index in [1.165, 1.54) is 10.5 Å².